The lowest BCUT2D eigenvalue weighted by molar-refractivity contribution is -0.137. The van der Waals surface area contributed by atoms with Crippen LogP contribution in [0.1, 0.15) is 12.6 Å². The number of hydrogen-bond donors (Lipinski definition) is 0. The number of nitrogens with zero attached hydrogens (tertiary/aromatic N) is 2. The highest BCUT2D eigenvalue weighted by atomic mass is 16.5. The van der Waals surface area contributed by atoms with Gasteiger partial charge in [-0.2, -0.15) is 5.26 Å². The lowest BCUT2D eigenvalue weighted by Crippen LogP contribution is -2.06. The molecule has 0 aliphatic heterocycles. The molecule has 0 bridgehead atoms. The molecule has 0 radical (unpaired) electrons. The molecule has 1 heterocycles. The Kier molecular flexibility index (Phi) is 3.69. The molecule has 0 unspecified atom stereocenters. The van der Waals surface area contributed by atoms with E-state index in [0.717, 1.165) is 5.69 Å². The van der Waals surface area contributed by atoms with Crippen molar-refractivity contribution in [3.05, 3.63) is 29.6 Å². The Morgan fingerprint density at radius 1 is 1.73 bits per heavy atom. The molecule has 1 rings (SSSR count). The first-order valence-corrected chi connectivity index (χ1v) is 4.59. The summed E-state index contributed by atoms with van der Waals surface area (Å²) in [5, 5.41) is 8.78. The Hall–Kier alpha value is -2.02. The van der Waals surface area contributed by atoms with Crippen molar-refractivity contribution in [2.45, 2.75) is 6.92 Å². The lowest BCUT2D eigenvalue weighted by atomic mass is 10.2. The molecule has 0 saturated carbocycles. The van der Waals surface area contributed by atoms with Crippen LogP contribution in [-0.2, 0) is 16.6 Å². The van der Waals surface area contributed by atoms with Crippen LogP contribution in [0, 0.1) is 11.3 Å². The third-order valence-corrected chi connectivity index (χ3v) is 1.89. The summed E-state index contributed by atoms with van der Waals surface area (Å²) in [4.78, 5) is 11.3. The summed E-state index contributed by atoms with van der Waals surface area (Å²) in [7, 11) is 1.84. The van der Waals surface area contributed by atoms with E-state index in [1.807, 2.05) is 36.0 Å². The standard InChI is InChI=1S/C11H12N2O2/c1-3-15-11(14)9(8-12)7-10-5-4-6-13(10)2/h4-7H,3H2,1-2H3. The van der Waals surface area contributed by atoms with Crippen molar-refractivity contribution in [1.29, 1.82) is 5.26 Å². The Balaban J connectivity index is 2.94. The zero-order chi connectivity index (χ0) is 11.3. The maximum atomic E-state index is 11.3. The van der Waals surface area contributed by atoms with E-state index >= 15 is 0 Å². The lowest BCUT2D eigenvalue weighted by Gasteiger charge is -2.00. The molecule has 15 heavy (non-hydrogen) atoms. The van der Waals surface area contributed by atoms with Crippen molar-refractivity contribution >= 4 is 12.0 Å². The molecule has 0 spiro atoms. The first-order chi connectivity index (χ1) is 7.19. The summed E-state index contributed by atoms with van der Waals surface area (Å²) < 4.78 is 6.56. The largest absolute Gasteiger partial charge is 0.462 e. The van der Waals surface area contributed by atoms with Gasteiger partial charge in [-0.05, 0) is 25.1 Å². The van der Waals surface area contributed by atoms with E-state index < -0.39 is 5.97 Å². The first kappa shape index (κ1) is 11.1. The van der Waals surface area contributed by atoms with Crippen molar-refractivity contribution in [3.8, 4) is 6.07 Å². The fourth-order valence-electron chi connectivity index (χ4n) is 1.12. The maximum absolute atomic E-state index is 11.3. The average Bonchev–Trinajstić information content (AvgIpc) is 2.61. The highest BCUT2D eigenvalue weighted by molar-refractivity contribution is 5.97. The van der Waals surface area contributed by atoms with Gasteiger partial charge in [-0.25, -0.2) is 4.79 Å². The van der Waals surface area contributed by atoms with Gasteiger partial charge in [0.25, 0.3) is 0 Å². The van der Waals surface area contributed by atoms with Crippen LogP contribution in [0.25, 0.3) is 6.08 Å². The predicted octanol–water partition coefficient (Wildman–Crippen LogP) is 1.50. The quantitative estimate of drug-likeness (QED) is 0.426. The predicted molar refractivity (Wildman–Crippen MR) is 55.6 cm³/mol. The van der Waals surface area contributed by atoms with Gasteiger partial charge < -0.3 is 9.30 Å². The Labute approximate surface area is 88.4 Å². The van der Waals surface area contributed by atoms with Crippen molar-refractivity contribution in [2.24, 2.45) is 7.05 Å². The number of ether oxygens (including phenoxy) is 1. The number of esters is 1. The van der Waals surface area contributed by atoms with Crippen LogP contribution in [0.15, 0.2) is 23.9 Å². The van der Waals surface area contributed by atoms with Crippen molar-refractivity contribution in [2.75, 3.05) is 6.61 Å². The molecule has 1 aromatic heterocycles. The van der Waals surface area contributed by atoms with Crippen molar-refractivity contribution < 1.29 is 9.53 Å². The van der Waals surface area contributed by atoms with E-state index in [-0.39, 0.29) is 12.2 Å². The van der Waals surface area contributed by atoms with Gasteiger partial charge >= 0.3 is 5.97 Å². The number of rotatable bonds is 3. The SMILES string of the molecule is CCOC(=O)C(C#N)=Cc1cccn1C. The minimum atomic E-state index is -0.582. The molecule has 78 valence electrons. The summed E-state index contributed by atoms with van der Waals surface area (Å²) in [6, 6.07) is 5.48. The summed E-state index contributed by atoms with van der Waals surface area (Å²) in [6.45, 7) is 1.97. The van der Waals surface area contributed by atoms with Gasteiger partial charge in [0, 0.05) is 18.9 Å². The molecule has 4 heteroatoms. The maximum Gasteiger partial charge on any atom is 0.348 e. The fourth-order valence-corrected chi connectivity index (χ4v) is 1.12. The van der Waals surface area contributed by atoms with Gasteiger partial charge in [0.05, 0.1) is 6.61 Å². The van der Waals surface area contributed by atoms with Crippen LogP contribution in [0.5, 0.6) is 0 Å². The van der Waals surface area contributed by atoms with E-state index in [1.54, 1.807) is 6.92 Å². The van der Waals surface area contributed by atoms with Crippen molar-refractivity contribution in [3.63, 3.8) is 0 Å². The number of aryl methyl sites for hydroxylation is 1. The van der Waals surface area contributed by atoms with Crippen LogP contribution < -0.4 is 0 Å². The fraction of sp³-hybridized carbons (Fsp3) is 0.273. The Morgan fingerprint density at radius 2 is 2.47 bits per heavy atom. The Bertz CT molecular complexity index is 424. The molecule has 1 aromatic rings. The third-order valence-electron chi connectivity index (χ3n) is 1.89. The smallest absolute Gasteiger partial charge is 0.348 e. The topological polar surface area (TPSA) is 55.0 Å². The van der Waals surface area contributed by atoms with Crippen LogP contribution in [0.3, 0.4) is 0 Å². The van der Waals surface area contributed by atoms with E-state index in [1.165, 1.54) is 6.08 Å². The monoisotopic (exact) mass is 204 g/mol. The molecular weight excluding hydrogens is 192 g/mol. The van der Waals surface area contributed by atoms with Gasteiger partial charge in [-0.1, -0.05) is 0 Å². The second kappa shape index (κ2) is 5.01. The molecule has 0 N–H and O–H groups in total. The Morgan fingerprint density at radius 3 is 2.93 bits per heavy atom. The minimum absolute atomic E-state index is 0.0126. The number of carbonyl (C=O) groups is 1. The van der Waals surface area contributed by atoms with Crippen LogP contribution in [0.2, 0.25) is 0 Å². The van der Waals surface area contributed by atoms with E-state index in [4.69, 9.17) is 10.00 Å². The normalized spacial score (nSPS) is 10.9. The van der Waals surface area contributed by atoms with Crippen molar-refractivity contribution in [1.82, 2.24) is 4.57 Å². The molecule has 0 aromatic carbocycles. The second-order valence-electron chi connectivity index (χ2n) is 2.93. The average molecular weight is 204 g/mol. The number of carbonyl (C=O) groups excluding carboxylic acids is 1. The molecule has 0 fully saturated rings. The van der Waals surface area contributed by atoms with Crippen LogP contribution in [-0.4, -0.2) is 17.1 Å². The second-order valence-corrected chi connectivity index (χ2v) is 2.93. The summed E-state index contributed by atoms with van der Waals surface area (Å²) in [6.07, 6.45) is 3.35. The van der Waals surface area contributed by atoms with Gasteiger partial charge in [0.15, 0.2) is 0 Å². The summed E-state index contributed by atoms with van der Waals surface area (Å²) in [5.74, 6) is -0.582. The van der Waals surface area contributed by atoms with Crippen LogP contribution >= 0.6 is 0 Å². The molecule has 4 nitrogen and oxygen atoms in total. The van der Waals surface area contributed by atoms with E-state index in [9.17, 15) is 4.79 Å². The molecule has 0 aliphatic carbocycles. The molecule has 0 aliphatic rings. The molecular formula is C11H12N2O2. The summed E-state index contributed by atoms with van der Waals surface area (Å²) >= 11 is 0. The van der Waals surface area contributed by atoms with Gasteiger partial charge in [-0.3, -0.25) is 0 Å². The van der Waals surface area contributed by atoms with E-state index in [0.29, 0.717) is 0 Å². The van der Waals surface area contributed by atoms with Gasteiger partial charge in [0.1, 0.15) is 11.6 Å². The minimum Gasteiger partial charge on any atom is -0.462 e. The van der Waals surface area contributed by atoms with Gasteiger partial charge in [0.2, 0.25) is 0 Å². The summed E-state index contributed by atoms with van der Waals surface area (Å²) in [5.41, 5.74) is 0.804. The zero-order valence-corrected chi connectivity index (χ0v) is 8.73. The molecule has 0 saturated heterocycles. The molecule has 0 amide bonds. The van der Waals surface area contributed by atoms with Crippen LogP contribution in [0.4, 0.5) is 0 Å². The number of aromatic nitrogens is 1. The molecule has 0 atom stereocenters. The third kappa shape index (κ3) is 2.71. The highest BCUT2D eigenvalue weighted by Gasteiger charge is 2.09. The highest BCUT2D eigenvalue weighted by Crippen LogP contribution is 2.07. The van der Waals surface area contributed by atoms with E-state index in [2.05, 4.69) is 0 Å². The number of hydrogen-bond acceptors (Lipinski definition) is 3. The zero-order valence-electron chi connectivity index (χ0n) is 8.73. The van der Waals surface area contributed by atoms with Gasteiger partial charge in [-0.15, -0.1) is 0 Å². The first-order valence-electron chi connectivity index (χ1n) is 4.59. The number of nitriles is 1.